The molecule has 0 fully saturated rings. The highest BCUT2D eigenvalue weighted by atomic mass is 35.5. The van der Waals surface area contributed by atoms with Crippen LogP contribution >= 0.6 is 11.6 Å². The second-order valence-electron chi connectivity index (χ2n) is 4.81. The summed E-state index contributed by atoms with van der Waals surface area (Å²) in [6.45, 7) is 1.50. The predicted octanol–water partition coefficient (Wildman–Crippen LogP) is 3.70. The predicted molar refractivity (Wildman–Crippen MR) is 74.9 cm³/mol. The van der Waals surface area contributed by atoms with E-state index in [2.05, 4.69) is 0 Å². The van der Waals surface area contributed by atoms with E-state index in [-0.39, 0.29) is 5.22 Å². The van der Waals surface area contributed by atoms with Crippen LogP contribution < -0.4 is 0 Å². The molecule has 1 aromatic carbocycles. The Morgan fingerprint density at radius 1 is 1.24 bits per heavy atom. The summed E-state index contributed by atoms with van der Waals surface area (Å²) < 4.78 is 10.2. The zero-order chi connectivity index (χ0) is 15.2. The number of carbonyl (C=O) groups excluding carboxylic acids is 1. The second-order valence-corrected chi connectivity index (χ2v) is 5.18. The molecule has 1 unspecified atom stereocenters. The Balaban J connectivity index is 2.19. The maximum absolute atomic E-state index is 11.5. The molecule has 0 bridgehead atoms. The average Bonchev–Trinajstić information content (AvgIpc) is 2.98. The number of rotatable bonds is 2. The van der Waals surface area contributed by atoms with E-state index >= 15 is 0 Å². The first-order chi connectivity index (χ1) is 9.93. The van der Waals surface area contributed by atoms with E-state index in [0.29, 0.717) is 16.7 Å². The summed E-state index contributed by atoms with van der Waals surface area (Å²) in [5.74, 6) is -2.26. The second kappa shape index (κ2) is 4.56. The van der Waals surface area contributed by atoms with E-state index in [4.69, 9.17) is 20.8 Å². The van der Waals surface area contributed by atoms with Gasteiger partial charge in [0.05, 0.1) is 0 Å². The SMILES string of the molecule is CC1(c2ccccc2-c2coc(Cl)c2)OC(=O)C(O)=C1O. The molecule has 2 aromatic rings. The van der Waals surface area contributed by atoms with Gasteiger partial charge in [-0.2, -0.15) is 0 Å². The summed E-state index contributed by atoms with van der Waals surface area (Å²) >= 11 is 5.78. The van der Waals surface area contributed by atoms with Gasteiger partial charge in [0.2, 0.25) is 5.76 Å². The molecule has 0 saturated carbocycles. The van der Waals surface area contributed by atoms with Crippen LogP contribution in [-0.4, -0.2) is 16.2 Å². The Morgan fingerprint density at radius 3 is 2.52 bits per heavy atom. The van der Waals surface area contributed by atoms with Gasteiger partial charge in [0.25, 0.3) is 0 Å². The molecule has 3 rings (SSSR count). The molecule has 0 radical (unpaired) electrons. The fraction of sp³-hybridized carbons (Fsp3) is 0.133. The minimum absolute atomic E-state index is 0.219. The monoisotopic (exact) mass is 306 g/mol. The van der Waals surface area contributed by atoms with Gasteiger partial charge in [-0.3, -0.25) is 0 Å². The highest BCUT2D eigenvalue weighted by Gasteiger charge is 2.47. The van der Waals surface area contributed by atoms with Crippen LogP contribution in [0.4, 0.5) is 0 Å². The Kier molecular flexibility index (Phi) is 2.95. The Hall–Kier alpha value is -2.40. The van der Waals surface area contributed by atoms with Crippen LogP contribution in [-0.2, 0) is 15.1 Å². The molecular weight excluding hydrogens is 296 g/mol. The van der Waals surface area contributed by atoms with Crippen LogP contribution in [0.2, 0.25) is 5.22 Å². The highest BCUT2D eigenvalue weighted by molar-refractivity contribution is 6.29. The molecule has 6 heteroatoms. The van der Waals surface area contributed by atoms with Crippen molar-refractivity contribution in [3.05, 3.63) is 58.9 Å². The van der Waals surface area contributed by atoms with Crippen molar-refractivity contribution in [2.24, 2.45) is 0 Å². The molecule has 0 saturated heterocycles. The van der Waals surface area contributed by atoms with Crippen LogP contribution in [0.1, 0.15) is 12.5 Å². The van der Waals surface area contributed by atoms with E-state index in [1.54, 1.807) is 30.3 Å². The van der Waals surface area contributed by atoms with Gasteiger partial charge in [0, 0.05) is 17.2 Å². The number of hydrogen-bond acceptors (Lipinski definition) is 5. The minimum atomic E-state index is -1.46. The smallest absolute Gasteiger partial charge is 0.378 e. The lowest BCUT2D eigenvalue weighted by molar-refractivity contribution is -0.149. The standard InChI is InChI=1S/C15H11ClO5/c1-15(13(18)12(17)14(19)21-15)10-5-3-2-4-9(10)8-6-11(16)20-7-8/h2-7,17-18H,1H3. The number of hydrogen-bond donors (Lipinski definition) is 2. The number of halogens is 1. The van der Waals surface area contributed by atoms with Gasteiger partial charge >= 0.3 is 5.97 Å². The lowest BCUT2D eigenvalue weighted by atomic mass is 9.88. The highest BCUT2D eigenvalue weighted by Crippen LogP contribution is 2.43. The van der Waals surface area contributed by atoms with Crippen molar-refractivity contribution < 1.29 is 24.2 Å². The quantitative estimate of drug-likeness (QED) is 0.827. The third kappa shape index (κ3) is 1.97. The molecule has 2 N–H and O–H groups in total. The third-order valence-corrected chi connectivity index (χ3v) is 3.68. The zero-order valence-electron chi connectivity index (χ0n) is 11.0. The van der Waals surface area contributed by atoms with Crippen LogP contribution in [0.5, 0.6) is 0 Å². The van der Waals surface area contributed by atoms with Crippen LogP contribution in [0.3, 0.4) is 0 Å². The first kappa shape index (κ1) is 13.6. The number of aliphatic hydroxyl groups excluding tert-OH is 2. The summed E-state index contributed by atoms with van der Waals surface area (Å²) in [6, 6.07) is 8.61. The van der Waals surface area contributed by atoms with Gasteiger partial charge in [0.15, 0.2) is 16.6 Å². The van der Waals surface area contributed by atoms with Crippen LogP contribution in [0.25, 0.3) is 11.1 Å². The maximum Gasteiger partial charge on any atom is 0.378 e. The number of benzene rings is 1. The van der Waals surface area contributed by atoms with Crippen molar-refractivity contribution >= 4 is 17.6 Å². The molecule has 21 heavy (non-hydrogen) atoms. The van der Waals surface area contributed by atoms with Crippen molar-refractivity contribution in [2.45, 2.75) is 12.5 Å². The lowest BCUT2D eigenvalue weighted by Gasteiger charge is -2.25. The number of ether oxygens (including phenoxy) is 1. The maximum atomic E-state index is 11.5. The van der Waals surface area contributed by atoms with Crippen molar-refractivity contribution in [1.29, 1.82) is 0 Å². The molecule has 5 nitrogen and oxygen atoms in total. The van der Waals surface area contributed by atoms with Gasteiger partial charge < -0.3 is 19.4 Å². The van der Waals surface area contributed by atoms with Gasteiger partial charge in [-0.15, -0.1) is 0 Å². The molecule has 1 atom stereocenters. The summed E-state index contributed by atoms with van der Waals surface area (Å²) in [5.41, 5.74) is 0.399. The van der Waals surface area contributed by atoms with Gasteiger partial charge in [0.1, 0.15) is 6.26 Å². The minimum Gasteiger partial charge on any atom is -0.505 e. The molecule has 0 amide bonds. The summed E-state index contributed by atoms with van der Waals surface area (Å²) in [5, 5.41) is 19.8. The first-order valence-electron chi connectivity index (χ1n) is 6.13. The summed E-state index contributed by atoms with van der Waals surface area (Å²) in [6.07, 6.45) is 1.46. The summed E-state index contributed by atoms with van der Waals surface area (Å²) in [7, 11) is 0. The Labute approximate surface area is 125 Å². The molecular formula is C15H11ClO5. The van der Waals surface area contributed by atoms with E-state index < -0.39 is 23.1 Å². The number of furan rings is 1. The molecule has 2 heterocycles. The fourth-order valence-corrected chi connectivity index (χ4v) is 2.55. The van der Waals surface area contributed by atoms with Crippen molar-refractivity contribution in [1.82, 2.24) is 0 Å². The Bertz CT molecular complexity index is 761. The number of aliphatic hydroxyl groups is 2. The normalized spacial score (nSPS) is 21.7. The van der Waals surface area contributed by atoms with Gasteiger partial charge in [-0.1, -0.05) is 24.3 Å². The van der Waals surface area contributed by atoms with Gasteiger partial charge in [-0.25, -0.2) is 4.79 Å². The van der Waals surface area contributed by atoms with Crippen molar-refractivity contribution in [2.75, 3.05) is 0 Å². The van der Waals surface area contributed by atoms with E-state index in [1.165, 1.54) is 13.2 Å². The van der Waals surface area contributed by atoms with Crippen LogP contribution in [0.15, 0.2) is 52.5 Å². The third-order valence-electron chi connectivity index (χ3n) is 3.49. The van der Waals surface area contributed by atoms with E-state index in [1.807, 2.05) is 0 Å². The zero-order valence-corrected chi connectivity index (χ0v) is 11.7. The number of carbonyl (C=O) groups is 1. The lowest BCUT2D eigenvalue weighted by Crippen LogP contribution is -2.26. The molecule has 0 aliphatic carbocycles. The molecule has 1 aliphatic rings. The van der Waals surface area contributed by atoms with E-state index in [9.17, 15) is 15.0 Å². The topological polar surface area (TPSA) is 79.9 Å². The molecule has 108 valence electrons. The molecule has 1 aromatic heterocycles. The molecule has 1 aliphatic heterocycles. The van der Waals surface area contributed by atoms with Crippen LogP contribution in [0, 0.1) is 0 Å². The molecule has 0 spiro atoms. The Morgan fingerprint density at radius 2 is 1.95 bits per heavy atom. The largest absolute Gasteiger partial charge is 0.505 e. The average molecular weight is 307 g/mol. The first-order valence-corrected chi connectivity index (χ1v) is 6.51. The number of cyclic esters (lactones) is 1. The van der Waals surface area contributed by atoms with Crippen molar-refractivity contribution in [3.63, 3.8) is 0 Å². The van der Waals surface area contributed by atoms with Gasteiger partial charge in [-0.05, 0) is 24.1 Å². The van der Waals surface area contributed by atoms with Crippen molar-refractivity contribution in [3.8, 4) is 11.1 Å². The number of esters is 1. The van der Waals surface area contributed by atoms with E-state index in [0.717, 1.165) is 0 Å². The summed E-state index contributed by atoms with van der Waals surface area (Å²) in [4.78, 5) is 11.5. The fourth-order valence-electron chi connectivity index (χ4n) is 2.39.